The molecule has 1 saturated heterocycles. The van der Waals surface area contributed by atoms with Crippen molar-refractivity contribution in [3.63, 3.8) is 0 Å². The average Bonchev–Trinajstić information content (AvgIpc) is 2.63. The van der Waals surface area contributed by atoms with Crippen molar-refractivity contribution in [1.82, 2.24) is 10.6 Å². The Morgan fingerprint density at radius 2 is 1.89 bits per heavy atom. The van der Waals surface area contributed by atoms with Gasteiger partial charge < -0.3 is 31.3 Å². The standard InChI is InChI=1S/C18H23N5O5/c19-16(25)15(22-18(27)21-11-2-1-3-11)17(26)20-12-4-6-13(7-5-12)23-8-9-28-10-14(23)24/h4-7,11,15H,1-3,8-10H2,(H2,19,25)(H,20,26)(H2,21,22,27)/t15-/m1/s1. The number of urea groups is 1. The molecule has 1 saturated carbocycles. The lowest BCUT2D eigenvalue weighted by Crippen LogP contribution is -2.56. The van der Waals surface area contributed by atoms with Gasteiger partial charge in [-0.25, -0.2) is 4.79 Å². The molecule has 10 nitrogen and oxygen atoms in total. The summed E-state index contributed by atoms with van der Waals surface area (Å²) in [6, 6.07) is 4.51. The summed E-state index contributed by atoms with van der Waals surface area (Å²) in [6.07, 6.45) is 2.79. The molecule has 5 amide bonds. The number of amides is 5. The highest BCUT2D eigenvalue weighted by molar-refractivity contribution is 6.11. The molecule has 3 rings (SSSR count). The van der Waals surface area contributed by atoms with E-state index in [-0.39, 0.29) is 18.6 Å². The van der Waals surface area contributed by atoms with Crippen LogP contribution in [0.5, 0.6) is 0 Å². The molecule has 2 fully saturated rings. The third kappa shape index (κ3) is 4.77. The van der Waals surface area contributed by atoms with Crippen LogP contribution in [0, 0.1) is 0 Å². The number of ether oxygens (including phenoxy) is 1. The van der Waals surface area contributed by atoms with Crippen LogP contribution < -0.4 is 26.6 Å². The Morgan fingerprint density at radius 3 is 2.46 bits per heavy atom. The van der Waals surface area contributed by atoms with Gasteiger partial charge in [-0.2, -0.15) is 0 Å². The maximum Gasteiger partial charge on any atom is 0.316 e. The average molecular weight is 389 g/mol. The SMILES string of the molecule is NC(=O)[C@@H](NC(=O)NC1CCC1)C(=O)Nc1ccc(N2CCOCC2=O)cc1. The van der Waals surface area contributed by atoms with E-state index in [0.29, 0.717) is 24.5 Å². The number of hydrogen-bond donors (Lipinski definition) is 4. The summed E-state index contributed by atoms with van der Waals surface area (Å²) in [5.41, 5.74) is 6.34. The zero-order valence-corrected chi connectivity index (χ0v) is 15.3. The number of morpholine rings is 1. The Hall–Kier alpha value is -3.14. The van der Waals surface area contributed by atoms with Crippen molar-refractivity contribution in [2.75, 3.05) is 30.0 Å². The fourth-order valence-electron chi connectivity index (χ4n) is 2.91. The van der Waals surface area contributed by atoms with Gasteiger partial charge in [-0.3, -0.25) is 14.4 Å². The van der Waals surface area contributed by atoms with Crippen molar-refractivity contribution in [3.05, 3.63) is 24.3 Å². The minimum absolute atomic E-state index is 0.0351. The molecule has 1 heterocycles. The lowest BCUT2D eigenvalue weighted by molar-refractivity contribution is -0.128. The van der Waals surface area contributed by atoms with E-state index in [1.165, 1.54) is 0 Å². The Morgan fingerprint density at radius 1 is 1.18 bits per heavy atom. The van der Waals surface area contributed by atoms with Gasteiger partial charge in [0.05, 0.1) is 6.61 Å². The highest BCUT2D eigenvalue weighted by Crippen LogP contribution is 2.20. The molecule has 5 N–H and O–H groups in total. The van der Waals surface area contributed by atoms with Crippen LogP contribution in [-0.2, 0) is 19.1 Å². The molecule has 1 aliphatic carbocycles. The number of primary amides is 1. The fraction of sp³-hybridized carbons (Fsp3) is 0.444. The van der Waals surface area contributed by atoms with Crippen LogP contribution in [0.2, 0.25) is 0 Å². The van der Waals surface area contributed by atoms with E-state index in [4.69, 9.17) is 10.5 Å². The summed E-state index contributed by atoms with van der Waals surface area (Å²) >= 11 is 0. The third-order valence-corrected chi connectivity index (χ3v) is 4.69. The maximum absolute atomic E-state index is 12.4. The number of anilines is 2. The minimum atomic E-state index is -1.50. The van der Waals surface area contributed by atoms with Gasteiger partial charge >= 0.3 is 6.03 Å². The van der Waals surface area contributed by atoms with E-state index in [1.54, 1.807) is 29.2 Å². The highest BCUT2D eigenvalue weighted by atomic mass is 16.5. The molecule has 10 heteroatoms. The normalized spacial score (nSPS) is 18.0. The van der Waals surface area contributed by atoms with Crippen molar-refractivity contribution in [2.24, 2.45) is 5.73 Å². The van der Waals surface area contributed by atoms with Gasteiger partial charge in [0.15, 0.2) is 6.04 Å². The van der Waals surface area contributed by atoms with Gasteiger partial charge in [-0.05, 0) is 43.5 Å². The number of nitrogens with two attached hydrogens (primary N) is 1. The monoisotopic (exact) mass is 389 g/mol. The van der Waals surface area contributed by atoms with Crippen LogP contribution in [-0.4, -0.2) is 55.6 Å². The maximum atomic E-state index is 12.4. The highest BCUT2D eigenvalue weighted by Gasteiger charge is 2.28. The van der Waals surface area contributed by atoms with Gasteiger partial charge in [0.25, 0.3) is 11.8 Å². The zero-order valence-electron chi connectivity index (χ0n) is 15.3. The predicted molar refractivity (Wildman–Crippen MR) is 101 cm³/mol. The number of benzene rings is 1. The Balaban J connectivity index is 1.58. The minimum Gasteiger partial charge on any atom is -0.370 e. The van der Waals surface area contributed by atoms with Crippen LogP contribution in [0.1, 0.15) is 19.3 Å². The topological polar surface area (TPSA) is 143 Å². The summed E-state index contributed by atoms with van der Waals surface area (Å²) in [5.74, 6) is -1.85. The summed E-state index contributed by atoms with van der Waals surface area (Å²) in [4.78, 5) is 49.3. The Labute approximate surface area is 161 Å². The molecule has 1 atom stereocenters. The van der Waals surface area contributed by atoms with E-state index in [0.717, 1.165) is 19.3 Å². The predicted octanol–water partition coefficient (Wildman–Crippen LogP) is -0.306. The second-order valence-electron chi connectivity index (χ2n) is 6.72. The number of carbonyl (C=O) groups excluding carboxylic acids is 4. The molecule has 0 spiro atoms. The van der Waals surface area contributed by atoms with Crippen molar-refractivity contribution in [2.45, 2.75) is 31.3 Å². The van der Waals surface area contributed by atoms with E-state index in [2.05, 4.69) is 16.0 Å². The quantitative estimate of drug-likeness (QED) is 0.494. The molecule has 0 unspecified atom stereocenters. The molecule has 1 aromatic rings. The van der Waals surface area contributed by atoms with E-state index in [9.17, 15) is 19.2 Å². The lowest BCUT2D eigenvalue weighted by Gasteiger charge is -2.27. The molecule has 1 aliphatic heterocycles. The van der Waals surface area contributed by atoms with Crippen molar-refractivity contribution in [1.29, 1.82) is 0 Å². The second kappa shape index (κ2) is 8.70. The van der Waals surface area contributed by atoms with E-state index >= 15 is 0 Å². The fourth-order valence-corrected chi connectivity index (χ4v) is 2.91. The van der Waals surface area contributed by atoms with Gasteiger partial charge in [-0.15, -0.1) is 0 Å². The van der Waals surface area contributed by atoms with Gasteiger partial charge in [-0.1, -0.05) is 0 Å². The second-order valence-corrected chi connectivity index (χ2v) is 6.72. The van der Waals surface area contributed by atoms with Crippen LogP contribution in [0.3, 0.4) is 0 Å². The lowest BCUT2D eigenvalue weighted by atomic mass is 9.93. The number of rotatable bonds is 6. The molecule has 150 valence electrons. The van der Waals surface area contributed by atoms with Gasteiger partial charge in [0.1, 0.15) is 6.61 Å². The number of hydrogen-bond acceptors (Lipinski definition) is 5. The summed E-state index contributed by atoms with van der Waals surface area (Å²) in [5, 5.41) is 7.52. The molecule has 2 aliphatic rings. The number of nitrogens with zero attached hydrogens (tertiary/aromatic N) is 1. The summed E-state index contributed by atoms with van der Waals surface area (Å²) in [6.45, 7) is 0.945. The van der Waals surface area contributed by atoms with Gasteiger partial charge in [0.2, 0.25) is 5.91 Å². The molecule has 1 aromatic carbocycles. The largest absolute Gasteiger partial charge is 0.370 e. The van der Waals surface area contributed by atoms with Crippen molar-refractivity contribution >= 4 is 35.1 Å². The molecular formula is C18H23N5O5. The van der Waals surface area contributed by atoms with Crippen LogP contribution in [0.4, 0.5) is 16.2 Å². The first-order valence-electron chi connectivity index (χ1n) is 9.09. The third-order valence-electron chi connectivity index (χ3n) is 4.69. The first kappa shape index (κ1) is 19.6. The number of carbonyl (C=O) groups is 4. The molecule has 0 radical (unpaired) electrons. The molecular weight excluding hydrogens is 366 g/mol. The summed E-state index contributed by atoms with van der Waals surface area (Å²) in [7, 11) is 0. The van der Waals surface area contributed by atoms with Crippen LogP contribution in [0.25, 0.3) is 0 Å². The summed E-state index contributed by atoms with van der Waals surface area (Å²) < 4.78 is 5.09. The van der Waals surface area contributed by atoms with Crippen LogP contribution >= 0.6 is 0 Å². The van der Waals surface area contributed by atoms with Gasteiger partial charge in [0, 0.05) is 24.0 Å². The molecule has 0 bridgehead atoms. The van der Waals surface area contributed by atoms with E-state index in [1.807, 2.05) is 0 Å². The van der Waals surface area contributed by atoms with E-state index < -0.39 is 23.9 Å². The molecule has 0 aromatic heterocycles. The zero-order chi connectivity index (χ0) is 20.1. The smallest absolute Gasteiger partial charge is 0.316 e. The van der Waals surface area contributed by atoms with Crippen molar-refractivity contribution in [3.8, 4) is 0 Å². The Bertz CT molecular complexity index is 762. The first-order valence-corrected chi connectivity index (χ1v) is 9.09. The molecule has 28 heavy (non-hydrogen) atoms. The van der Waals surface area contributed by atoms with Crippen molar-refractivity contribution < 1.29 is 23.9 Å². The van der Waals surface area contributed by atoms with Crippen LogP contribution in [0.15, 0.2) is 24.3 Å². The Kier molecular flexibility index (Phi) is 6.09. The number of nitrogens with one attached hydrogen (secondary N) is 3. The first-order chi connectivity index (χ1) is 13.4.